The van der Waals surface area contributed by atoms with E-state index in [9.17, 15) is 61.0 Å². The van der Waals surface area contributed by atoms with Gasteiger partial charge in [-0.1, -0.05) is 0 Å². The third kappa shape index (κ3) is 5.75. The second-order valence-corrected chi connectivity index (χ2v) is 10.2. The number of fused-ring (bicyclic) bond motifs is 1. The van der Waals surface area contributed by atoms with Crippen LogP contribution >= 0.6 is 0 Å². The first-order valence-electron chi connectivity index (χ1n) is 13.0. The summed E-state index contributed by atoms with van der Waals surface area (Å²) >= 11 is 0. The fourth-order valence-corrected chi connectivity index (χ4v) is 4.88. The van der Waals surface area contributed by atoms with Gasteiger partial charge < -0.3 is 75.1 Å². The predicted octanol–water partition coefficient (Wildman–Crippen LogP) is -1.70. The number of carboxylic acids is 1. The largest absolute Gasteiger partial charge is 0.507 e. The van der Waals surface area contributed by atoms with E-state index in [0.29, 0.717) is 0 Å². The van der Waals surface area contributed by atoms with Crippen LogP contribution in [0.25, 0.3) is 22.3 Å². The number of aliphatic carboxylic acids is 1. The van der Waals surface area contributed by atoms with Crippen LogP contribution in [0.15, 0.2) is 40.8 Å². The quantitative estimate of drug-likeness (QED) is 0.103. The van der Waals surface area contributed by atoms with Crippen LogP contribution in [-0.2, 0) is 19.0 Å². The molecule has 0 aliphatic carbocycles. The molecule has 0 unspecified atom stereocenters. The van der Waals surface area contributed by atoms with Crippen molar-refractivity contribution in [3.8, 4) is 40.1 Å². The van der Waals surface area contributed by atoms with Crippen LogP contribution in [0.5, 0.6) is 28.7 Å². The van der Waals surface area contributed by atoms with E-state index in [1.807, 2.05) is 0 Å². The first-order chi connectivity index (χ1) is 20.8. The molecular weight excluding hydrogens is 596 g/mol. The number of phenols is 4. The number of ether oxygens (including phenoxy) is 4. The lowest BCUT2D eigenvalue weighted by Gasteiger charge is -2.45. The van der Waals surface area contributed by atoms with Gasteiger partial charge in [0.05, 0.1) is 18.2 Å². The Morgan fingerprint density at radius 1 is 0.795 bits per heavy atom. The molecule has 2 aliphatic heterocycles. The molecule has 10 atom stereocenters. The van der Waals surface area contributed by atoms with Gasteiger partial charge in [0, 0.05) is 18.2 Å². The van der Waals surface area contributed by atoms with Crippen molar-refractivity contribution in [1.82, 2.24) is 0 Å². The Balaban J connectivity index is 1.57. The maximum absolute atomic E-state index is 11.6. The Morgan fingerprint density at radius 3 is 2.18 bits per heavy atom. The molecule has 11 N–H and O–H groups in total. The number of phenolic OH excluding ortho intramolecular Hbond substituents is 4. The third-order valence-electron chi connectivity index (χ3n) is 7.23. The SMILES string of the molecule is O=C(O)[C@H]1O[C@@H](O[C@H]2[C@H](Oc3cc4c(O)cc(O)cc4[o+]c3-c3ccc(O)c(O)c3)O[C@H](CO)[C@@H](O)[C@@H]2O)[C@H](O)[C@@H](O)[C@@H]1O. The Kier molecular flexibility index (Phi) is 8.67. The summed E-state index contributed by atoms with van der Waals surface area (Å²) in [5, 5.41) is 111. The Labute approximate surface area is 246 Å². The molecule has 3 aromatic rings. The lowest BCUT2D eigenvalue weighted by atomic mass is 9.97. The van der Waals surface area contributed by atoms with Gasteiger partial charge in [0.1, 0.15) is 53.5 Å². The molecule has 0 radical (unpaired) electrons. The number of carbonyl (C=O) groups is 1. The monoisotopic (exact) mass is 625 g/mol. The predicted molar refractivity (Wildman–Crippen MR) is 140 cm³/mol. The molecule has 17 heteroatoms. The van der Waals surface area contributed by atoms with Crippen LogP contribution in [0.2, 0.25) is 0 Å². The third-order valence-corrected chi connectivity index (χ3v) is 7.23. The number of carboxylic acid groups (broad SMARTS) is 1. The summed E-state index contributed by atoms with van der Waals surface area (Å²) in [5.41, 5.74) is 0.0181. The number of rotatable bonds is 7. The molecule has 17 nitrogen and oxygen atoms in total. The fraction of sp³-hybridized carbons (Fsp3) is 0.407. The van der Waals surface area contributed by atoms with Crippen LogP contribution in [0.1, 0.15) is 0 Å². The van der Waals surface area contributed by atoms with Crippen molar-refractivity contribution in [2.75, 3.05) is 6.61 Å². The zero-order valence-corrected chi connectivity index (χ0v) is 22.3. The molecule has 0 bridgehead atoms. The van der Waals surface area contributed by atoms with Crippen LogP contribution in [-0.4, -0.2) is 130 Å². The van der Waals surface area contributed by atoms with E-state index in [1.54, 1.807) is 0 Å². The summed E-state index contributed by atoms with van der Waals surface area (Å²) in [6.45, 7) is -0.833. The van der Waals surface area contributed by atoms with Crippen LogP contribution in [0.3, 0.4) is 0 Å². The topological polar surface area (TPSA) is 288 Å². The zero-order chi connectivity index (χ0) is 32.0. The molecule has 2 saturated heterocycles. The zero-order valence-electron chi connectivity index (χ0n) is 22.3. The van der Waals surface area contributed by atoms with Gasteiger partial charge in [0.2, 0.25) is 12.0 Å². The van der Waals surface area contributed by atoms with Crippen molar-refractivity contribution in [1.29, 1.82) is 0 Å². The first kappa shape index (κ1) is 31.4. The van der Waals surface area contributed by atoms with Crippen molar-refractivity contribution >= 4 is 16.9 Å². The maximum atomic E-state index is 11.6. The molecule has 1 aromatic heterocycles. The van der Waals surface area contributed by atoms with E-state index >= 15 is 0 Å². The summed E-state index contributed by atoms with van der Waals surface area (Å²) < 4.78 is 28.1. The van der Waals surface area contributed by atoms with Gasteiger partial charge >= 0.3 is 17.3 Å². The van der Waals surface area contributed by atoms with Gasteiger partial charge in [0.15, 0.2) is 30.0 Å². The molecule has 0 saturated carbocycles. The second kappa shape index (κ2) is 12.2. The lowest BCUT2D eigenvalue weighted by molar-refractivity contribution is -0.353. The number of aliphatic hydroxyl groups excluding tert-OH is 6. The van der Waals surface area contributed by atoms with E-state index in [4.69, 9.17) is 23.4 Å². The fourth-order valence-electron chi connectivity index (χ4n) is 4.88. The normalized spacial score (nSPS) is 32.4. The number of aliphatic hydroxyl groups is 6. The molecular formula is C27H29O17+. The molecule has 44 heavy (non-hydrogen) atoms. The number of hydrogen-bond acceptors (Lipinski definition) is 15. The Bertz CT molecular complexity index is 1530. The minimum absolute atomic E-state index is 0.00966. The molecule has 0 spiro atoms. The van der Waals surface area contributed by atoms with Crippen LogP contribution in [0, 0.1) is 0 Å². The van der Waals surface area contributed by atoms with Gasteiger partial charge in [-0.2, -0.15) is 0 Å². The highest BCUT2D eigenvalue weighted by molar-refractivity contribution is 5.88. The van der Waals surface area contributed by atoms with Gasteiger partial charge in [-0.25, -0.2) is 9.21 Å². The molecule has 2 fully saturated rings. The smallest absolute Gasteiger partial charge is 0.402 e. The van der Waals surface area contributed by atoms with Gasteiger partial charge in [-0.3, -0.25) is 0 Å². The molecule has 238 valence electrons. The van der Waals surface area contributed by atoms with E-state index < -0.39 is 91.2 Å². The van der Waals surface area contributed by atoms with Crippen molar-refractivity contribution in [2.45, 2.75) is 61.4 Å². The number of aromatic hydroxyl groups is 4. The standard InChI is InChI=1S/C27H28O17/c28-7-16-17(33)19(35)24(44-26-21(37)18(34)20(36)23(43-26)25(38)39)27(42-16)41-15-6-10-12(31)4-9(29)5-14(10)40-22(15)8-1-2-11(30)13(32)3-8/h1-6,16-21,23-24,26-28,33-37H,7H2,(H4-,29,30,31,32,38,39)/p+1/t16-,17-,18+,19+,20+,21-,23+,24-,26+,27-/m1/s1. The average Bonchev–Trinajstić information content (AvgIpc) is 2.97. The van der Waals surface area contributed by atoms with Crippen molar-refractivity contribution in [3.05, 3.63) is 36.4 Å². The Hall–Kier alpha value is -4.04. The van der Waals surface area contributed by atoms with Crippen molar-refractivity contribution < 1.29 is 84.3 Å². The van der Waals surface area contributed by atoms with Gasteiger partial charge in [-0.05, 0) is 12.1 Å². The van der Waals surface area contributed by atoms with Gasteiger partial charge in [0.25, 0.3) is 0 Å². The highest BCUT2D eigenvalue weighted by Crippen LogP contribution is 2.42. The molecule has 0 amide bonds. The van der Waals surface area contributed by atoms with Gasteiger partial charge in [-0.15, -0.1) is 0 Å². The highest BCUT2D eigenvalue weighted by atomic mass is 16.8. The van der Waals surface area contributed by atoms with Crippen molar-refractivity contribution in [2.24, 2.45) is 0 Å². The lowest BCUT2D eigenvalue weighted by Crippen LogP contribution is -2.65. The first-order valence-corrected chi connectivity index (χ1v) is 13.0. The van der Waals surface area contributed by atoms with Crippen LogP contribution in [0.4, 0.5) is 0 Å². The van der Waals surface area contributed by atoms with E-state index in [1.165, 1.54) is 12.1 Å². The molecule has 2 aliphatic rings. The minimum Gasteiger partial charge on any atom is -0.507 e. The maximum Gasteiger partial charge on any atom is 0.402 e. The number of hydrogen-bond donors (Lipinski definition) is 11. The summed E-state index contributed by atoms with van der Waals surface area (Å²) in [4.78, 5) is 11.6. The van der Waals surface area contributed by atoms with Crippen LogP contribution < -0.4 is 4.74 Å². The molecule has 5 rings (SSSR count). The average molecular weight is 626 g/mol. The highest BCUT2D eigenvalue weighted by Gasteiger charge is 2.53. The summed E-state index contributed by atoms with van der Waals surface area (Å²) in [6.07, 6.45) is -19.2. The summed E-state index contributed by atoms with van der Waals surface area (Å²) in [6, 6.07) is 6.90. The van der Waals surface area contributed by atoms with E-state index in [2.05, 4.69) is 0 Å². The Morgan fingerprint density at radius 2 is 1.52 bits per heavy atom. The van der Waals surface area contributed by atoms with Crippen molar-refractivity contribution in [3.63, 3.8) is 0 Å². The summed E-state index contributed by atoms with van der Waals surface area (Å²) in [5.74, 6) is -4.05. The summed E-state index contributed by atoms with van der Waals surface area (Å²) in [7, 11) is 0. The number of benzene rings is 2. The second-order valence-electron chi connectivity index (χ2n) is 10.2. The molecule has 3 heterocycles. The van der Waals surface area contributed by atoms with E-state index in [0.717, 1.165) is 24.3 Å². The molecule has 2 aromatic carbocycles. The van der Waals surface area contributed by atoms with E-state index in [-0.39, 0.29) is 33.8 Å². The minimum atomic E-state index is -2.07.